The minimum atomic E-state index is -0.151. The van der Waals surface area contributed by atoms with Crippen LogP contribution >= 0.6 is 0 Å². The minimum absolute atomic E-state index is 0.149. The molecule has 0 bridgehead atoms. The van der Waals surface area contributed by atoms with Crippen LogP contribution in [0.5, 0.6) is 11.5 Å². The molecule has 0 aliphatic carbocycles. The van der Waals surface area contributed by atoms with Crippen molar-refractivity contribution in [1.82, 2.24) is 4.90 Å². The van der Waals surface area contributed by atoms with Gasteiger partial charge in [-0.3, -0.25) is 9.59 Å². The van der Waals surface area contributed by atoms with Crippen LogP contribution in [0.25, 0.3) is 0 Å². The maximum absolute atomic E-state index is 12.2. The van der Waals surface area contributed by atoms with Gasteiger partial charge in [-0.2, -0.15) is 0 Å². The Kier molecular flexibility index (Phi) is 7.02. The number of anilines is 1. The van der Waals surface area contributed by atoms with Crippen LogP contribution in [0, 0.1) is 0 Å². The first-order chi connectivity index (χ1) is 12.5. The van der Waals surface area contributed by atoms with E-state index in [0.717, 1.165) is 11.5 Å². The lowest BCUT2D eigenvalue weighted by atomic mass is 10.1. The predicted octanol–water partition coefficient (Wildman–Crippen LogP) is 3.19. The highest BCUT2D eigenvalue weighted by molar-refractivity contribution is 6.03. The lowest BCUT2D eigenvalue weighted by Gasteiger charge is -2.14. The van der Waals surface area contributed by atoms with Crippen molar-refractivity contribution in [2.45, 2.75) is 12.8 Å². The van der Waals surface area contributed by atoms with Crippen molar-refractivity contribution in [3.8, 4) is 11.5 Å². The quantitative estimate of drug-likeness (QED) is 0.738. The highest BCUT2D eigenvalue weighted by Crippen LogP contribution is 2.18. The van der Waals surface area contributed by atoms with Crippen molar-refractivity contribution in [2.24, 2.45) is 0 Å². The predicted molar refractivity (Wildman–Crippen MR) is 101 cm³/mol. The summed E-state index contributed by atoms with van der Waals surface area (Å²) in [5.74, 6) is 1.20. The summed E-state index contributed by atoms with van der Waals surface area (Å²) in [4.78, 5) is 25.8. The van der Waals surface area contributed by atoms with E-state index in [1.165, 1.54) is 4.90 Å². The van der Waals surface area contributed by atoms with Gasteiger partial charge in [0.25, 0.3) is 5.91 Å². The fourth-order valence-electron chi connectivity index (χ4n) is 2.33. The van der Waals surface area contributed by atoms with Gasteiger partial charge < -0.3 is 19.7 Å². The first-order valence-electron chi connectivity index (χ1n) is 8.38. The monoisotopic (exact) mass is 356 g/mol. The van der Waals surface area contributed by atoms with Crippen molar-refractivity contribution in [2.75, 3.05) is 33.1 Å². The van der Waals surface area contributed by atoms with Crippen molar-refractivity contribution < 1.29 is 19.1 Å². The molecule has 0 spiro atoms. The van der Waals surface area contributed by atoms with Crippen LogP contribution in [0.15, 0.2) is 48.5 Å². The molecule has 0 radical (unpaired) electrons. The minimum Gasteiger partial charge on any atom is -0.497 e. The fraction of sp³-hybridized carbons (Fsp3) is 0.300. The van der Waals surface area contributed by atoms with Crippen molar-refractivity contribution in [3.05, 3.63) is 54.1 Å². The summed E-state index contributed by atoms with van der Waals surface area (Å²) >= 11 is 0. The number of hydrogen-bond acceptors (Lipinski definition) is 4. The largest absolute Gasteiger partial charge is 0.497 e. The summed E-state index contributed by atoms with van der Waals surface area (Å²) in [6.07, 6.45) is 0.877. The molecule has 2 aromatic carbocycles. The molecule has 0 heterocycles. The molecule has 0 atom stereocenters. The van der Waals surface area contributed by atoms with Gasteiger partial charge in [0.1, 0.15) is 11.5 Å². The second-order valence-corrected chi connectivity index (χ2v) is 5.92. The SMILES string of the molecule is COc1ccc(OCCCC(=O)Nc2ccccc2C(=O)N(C)C)cc1. The van der Waals surface area contributed by atoms with Gasteiger partial charge in [0.15, 0.2) is 0 Å². The van der Waals surface area contributed by atoms with Crippen LogP contribution in [0.1, 0.15) is 23.2 Å². The van der Waals surface area contributed by atoms with E-state index in [1.54, 1.807) is 45.5 Å². The number of carbonyl (C=O) groups is 2. The third-order valence-electron chi connectivity index (χ3n) is 3.71. The first kappa shape index (κ1) is 19.3. The number of nitrogens with one attached hydrogen (secondary N) is 1. The Bertz CT molecular complexity index is 742. The maximum Gasteiger partial charge on any atom is 0.255 e. The van der Waals surface area contributed by atoms with Gasteiger partial charge >= 0.3 is 0 Å². The number of rotatable bonds is 8. The molecule has 6 nitrogen and oxygen atoms in total. The third kappa shape index (κ3) is 5.51. The number of nitrogens with zero attached hydrogens (tertiary/aromatic N) is 1. The summed E-state index contributed by atoms with van der Waals surface area (Å²) in [7, 11) is 4.97. The molecule has 26 heavy (non-hydrogen) atoms. The molecule has 0 aromatic heterocycles. The normalized spacial score (nSPS) is 10.1. The topological polar surface area (TPSA) is 67.9 Å². The molecule has 0 aliphatic heterocycles. The van der Waals surface area contributed by atoms with E-state index in [1.807, 2.05) is 24.3 Å². The van der Waals surface area contributed by atoms with Crippen LogP contribution in [-0.4, -0.2) is 44.5 Å². The third-order valence-corrected chi connectivity index (χ3v) is 3.71. The smallest absolute Gasteiger partial charge is 0.255 e. The van der Waals surface area contributed by atoms with E-state index in [-0.39, 0.29) is 11.8 Å². The van der Waals surface area contributed by atoms with E-state index >= 15 is 0 Å². The summed E-state index contributed by atoms with van der Waals surface area (Å²) in [5, 5.41) is 2.80. The molecule has 2 amide bonds. The Morgan fingerprint density at radius 3 is 2.31 bits per heavy atom. The average molecular weight is 356 g/mol. The number of amides is 2. The Labute approximate surface area is 153 Å². The average Bonchev–Trinajstić information content (AvgIpc) is 2.65. The molecule has 0 unspecified atom stereocenters. The summed E-state index contributed by atoms with van der Waals surface area (Å²) in [6.45, 7) is 0.429. The fourth-order valence-corrected chi connectivity index (χ4v) is 2.33. The van der Waals surface area contributed by atoms with Gasteiger partial charge in [-0.1, -0.05) is 12.1 Å². The van der Waals surface area contributed by atoms with Gasteiger partial charge in [-0.05, 0) is 42.8 Å². The number of methoxy groups -OCH3 is 1. The zero-order chi connectivity index (χ0) is 18.9. The van der Waals surface area contributed by atoms with Gasteiger partial charge in [0.2, 0.25) is 5.91 Å². The highest BCUT2D eigenvalue weighted by Gasteiger charge is 2.14. The maximum atomic E-state index is 12.2. The zero-order valence-electron chi connectivity index (χ0n) is 15.3. The van der Waals surface area contributed by atoms with E-state index in [4.69, 9.17) is 9.47 Å². The van der Waals surface area contributed by atoms with Crippen LogP contribution in [-0.2, 0) is 4.79 Å². The van der Waals surface area contributed by atoms with Crippen LogP contribution in [0.4, 0.5) is 5.69 Å². The number of para-hydroxylation sites is 1. The molecular formula is C20H24N2O4. The van der Waals surface area contributed by atoms with Gasteiger partial charge in [-0.15, -0.1) is 0 Å². The Morgan fingerprint density at radius 1 is 1.00 bits per heavy atom. The van der Waals surface area contributed by atoms with Crippen molar-refractivity contribution >= 4 is 17.5 Å². The second-order valence-electron chi connectivity index (χ2n) is 5.92. The molecule has 6 heteroatoms. The lowest BCUT2D eigenvalue weighted by Crippen LogP contribution is -2.24. The molecule has 0 aliphatic rings. The zero-order valence-corrected chi connectivity index (χ0v) is 15.3. The van der Waals surface area contributed by atoms with Crippen LogP contribution in [0.3, 0.4) is 0 Å². The van der Waals surface area contributed by atoms with Gasteiger partial charge in [-0.25, -0.2) is 0 Å². The van der Waals surface area contributed by atoms with E-state index < -0.39 is 0 Å². The van der Waals surface area contributed by atoms with Crippen LogP contribution < -0.4 is 14.8 Å². The molecule has 1 N–H and O–H groups in total. The number of ether oxygens (including phenoxy) is 2. The van der Waals surface area contributed by atoms with Crippen molar-refractivity contribution in [1.29, 1.82) is 0 Å². The molecule has 0 saturated carbocycles. The summed E-state index contributed by atoms with van der Waals surface area (Å²) < 4.78 is 10.7. The standard InChI is InChI=1S/C20H24N2O4/c1-22(2)20(24)17-7-4-5-8-18(17)21-19(23)9-6-14-26-16-12-10-15(25-3)11-13-16/h4-5,7-8,10-13H,6,9,14H2,1-3H3,(H,21,23). The second kappa shape index (κ2) is 9.46. The number of benzene rings is 2. The van der Waals surface area contributed by atoms with Crippen molar-refractivity contribution in [3.63, 3.8) is 0 Å². The Hall–Kier alpha value is -3.02. The van der Waals surface area contributed by atoms with E-state index in [9.17, 15) is 9.59 Å². The molecule has 2 aromatic rings. The lowest BCUT2D eigenvalue weighted by molar-refractivity contribution is -0.116. The molecule has 0 saturated heterocycles. The molecule has 2 rings (SSSR count). The summed E-state index contributed by atoms with van der Waals surface area (Å²) in [6, 6.07) is 14.3. The van der Waals surface area contributed by atoms with E-state index in [2.05, 4.69) is 5.32 Å². The van der Waals surface area contributed by atoms with Gasteiger partial charge in [0, 0.05) is 20.5 Å². The van der Waals surface area contributed by atoms with E-state index in [0.29, 0.717) is 30.7 Å². The highest BCUT2D eigenvalue weighted by atomic mass is 16.5. The Balaban J connectivity index is 1.81. The summed E-state index contributed by atoms with van der Waals surface area (Å²) in [5.41, 5.74) is 0.993. The van der Waals surface area contributed by atoms with Gasteiger partial charge in [0.05, 0.1) is 25.0 Å². The molecule has 0 fully saturated rings. The van der Waals surface area contributed by atoms with Crippen LogP contribution in [0.2, 0.25) is 0 Å². The Morgan fingerprint density at radius 2 is 1.65 bits per heavy atom. The number of hydrogen-bond donors (Lipinski definition) is 1. The molecule has 138 valence electrons. The first-order valence-corrected chi connectivity index (χ1v) is 8.38. The number of carbonyl (C=O) groups excluding carboxylic acids is 2. The molecular weight excluding hydrogens is 332 g/mol.